The fourth-order valence-corrected chi connectivity index (χ4v) is 8.37. The van der Waals surface area contributed by atoms with Crippen molar-refractivity contribution < 1.29 is 9.47 Å². The Labute approximate surface area is 154 Å². The van der Waals surface area contributed by atoms with Crippen molar-refractivity contribution >= 4 is 0 Å². The van der Waals surface area contributed by atoms with Gasteiger partial charge in [-0.3, -0.25) is 0 Å². The molecule has 9 atom stereocenters. The van der Waals surface area contributed by atoms with Gasteiger partial charge >= 0.3 is 0 Å². The van der Waals surface area contributed by atoms with Gasteiger partial charge in [-0.25, -0.2) is 0 Å². The van der Waals surface area contributed by atoms with Gasteiger partial charge in [0.1, 0.15) is 0 Å². The molecular formula is C23H38O2. The summed E-state index contributed by atoms with van der Waals surface area (Å²) in [6.45, 7) is 12.0. The Balaban J connectivity index is 1.58. The Hall–Kier alpha value is -0.0800. The number of fused-ring (bicyclic) bond motifs is 8. The molecule has 0 aromatic rings. The summed E-state index contributed by atoms with van der Waals surface area (Å²) >= 11 is 0. The lowest BCUT2D eigenvalue weighted by molar-refractivity contribution is -0.179. The quantitative estimate of drug-likeness (QED) is 0.552. The highest BCUT2D eigenvalue weighted by Gasteiger charge is 2.67. The maximum atomic E-state index is 6.68. The fourth-order valence-electron chi connectivity index (χ4n) is 8.37. The predicted molar refractivity (Wildman–Crippen MR) is 100 cm³/mol. The van der Waals surface area contributed by atoms with E-state index in [1.807, 2.05) is 0 Å². The van der Waals surface area contributed by atoms with Crippen molar-refractivity contribution in [1.82, 2.24) is 0 Å². The van der Waals surface area contributed by atoms with Gasteiger partial charge in [0.15, 0.2) is 5.79 Å². The molecule has 4 unspecified atom stereocenters. The lowest BCUT2D eigenvalue weighted by Crippen LogP contribution is -2.62. The zero-order valence-corrected chi connectivity index (χ0v) is 17.0. The van der Waals surface area contributed by atoms with E-state index in [4.69, 9.17) is 9.47 Å². The Kier molecular flexibility index (Phi) is 3.58. The van der Waals surface area contributed by atoms with E-state index in [1.165, 1.54) is 51.4 Å². The normalized spacial score (nSPS) is 59.6. The molecule has 1 aliphatic heterocycles. The van der Waals surface area contributed by atoms with Crippen molar-refractivity contribution in [2.45, 2.75) is 104 Å². The van der Waals surface area contributed by atoms with Gasteiger partial charge in [-0.15, -0.1) is 0 Å². The number of rotatable bonds is 0. The molecule has 0 aromatic heterocycles. The van der Waals surface area contributed by atoms with Crippen LogP contribution in [0.15, 0.2) is 0 Å². The summed E-state index contributed by atoms with van der Waals surface area (Å²) in [5, 5.41) is 0. The third-order valence-electron chi connectivity index (χ3n) is 9.58. The van der Waals surface area contributed by atoms with E-state index < -0.39 is 5.79 Å². The van der Waals surface area contributed by atoms with Crippen LogP contribution in [0.3, 0.4) is 0 Å². The molecule has 142 valence electrons. The number of hydrogen-bond acceptors (Lipinski definition) is 2. The Morgan fingerprint density at radius 3 is 2.32 bits per heavy atom. The molecule has 0 radical (unpaired) electrons. The SMILES string of the molecule is C[C@H]1CC[C@]2(C)C3CC[C@]4(C)CCCC4C3[C@H]3OC(C)(C)O[C@@H]3C2C1. The topological polar surface area (TPSA) is 18.5 Å². The van der Waals surface area contributed by atoms with Crippen molar-refractivity contribution in [2.75, 3.05) is 0 Å². The molecule has 0 N–H and O–H groups in total. The van der Waals surface area contributed by atoms with Crippen LogP contribution in [0.2, 0.25) is 0 Å². The van der Waals surface area contributed by atoms with Crippen LogP contribution in [0.4, 0.5) is 0 Å². The first-order valence-electron chi connectivity index (χ1n) is 11.1. The highest BCUT2D eigenvalue weighted by Crippen LogP contribution is 2.68. The van der Waals surface area contributed by atoms with Crippen LogP contribution in [-0.4, -0.2) is 18.0 Å². The van der Waals surface area contributed by atoms with Crippen LogP contribution >= 0.6 is 0 Å². The van der Waals surface area contributed by atoms with Gasteiger partial charge in [-0.2, -0.15) is 0 Å². The first-order chi connectivity index (χ1) is 11.7. The molecule has 4 aliphatic carbocycles. The van der Waals surface area contributed by atoms with Gasteiger partial charge in [0, 0.05) is 0 Å². The van der Waals surface area contributed by atoms with E-state index in [0.29, 0.717) is 29.0 Å². The van der Waals surface area contributed by atoms with Gasteiger partial charge in [0.2, 0.25) is 0 Å². The molecule has 1 heterocycles. The molecule has 25 heavy (non-hydrogen) atoms. The van der Waals surface area contributed by atoms with Crippen molar-refractivity contribution in [3.8, 4) is 0 Å². The lowest BCUT2D eigenvalue weighted by Gasteiger charge is -2.63. The Morgan fingerprint density at radius 1 is 0.760 bits per heavy atom. The van der Waals surface area contributed by atoms with Gasteiger partial charge in [-0.1, -0.05) is 33.6 Å². The van der Waals surface area contributed by atoms with Crippen molar-refractivity contribution in [3.63, 3.8) is 0 Å². The summed E-state index contributed by atoms with van der Waals surface area (Å²) in [5.74, 6) is 3.63. The highest BCUT2D eigenvalue weighted by molar-refractivity contribution is 5.14. The number of ether oxygens (including phenoxy) is 2. The second-order valence-corrected chi connectivity index (χ2v) is 11.4. The molecule has 2 nitrogen and oxygen atoms in total. The molecule has 0 bridgehead atoms. The van der Waals surface area contributed by atoms with Crippen molar-refractivity contribution in [1.29, 1.82) is 0 Å². The molecule has 1 saturated heterocycles. The molecule has 4 saturated carbocycles. The smallest absolute Gasteiger partial charge is 0.163 e. The molecule has 5 rings (SSSR count). The van der Waals surface area contributed by atoms with Gasteiger partial charge in [0.05, 0.1) is 12.2 Å². The van der Waals surface area contributed by atoms with Gasteiger partial charge in [0.25, 0.3) is 0 Å². The van der Waals surface area contributed by atoms with Crippen molar-refractivity contribution in [3.05, 3.63) is 0 Å². The molecule has 0 spiro atoms. The van der Waals surface area contributed by atoms with Crippen molar-refractivity contribution in [2.24, 2.45) is 40.4 Å². The van der Waals surface area contributed by atoms with E-state index in [-0.39, 0.29) is 0 Å². The van der Waals surface area contributed by atoms with Gasteiger partial charge in [-0.05, 0) is 92.8 Å². The first kappa shape index (κ1) is 17.0. The van der Waals surface area contributed by atoms with Crippen LogP contribution in [0.25, 0.3) is 0 Å². The summed E-state index contributed by atoms with van der Waals surface area (Å²) < 4.78 is 13.3. The maximum Gasteiger partial charge on any atom is 0.163 e. The first-order valence-corrected chi connectivity index (χ1v) is 11.1. The lowest BCUT2D eigenvalue weighted by atomic mass is 9.43. The van der Waals surface area contributed by atoms with E-state index >= 15 is 0 Å². The molecule has 0 aromatic carbocycles. The largest absolute Gasteiger partial charge is 0.344 e. The molecular weight excluding hydrogens is 308 g/mol. The fraction of sp³-hybridized carbons (Fsp3) is 1.00. The second-order valence-electron chi connectivity index (χ2n) is 11.4. The van der Waals surface area contributed by atoms with Crippen LogP contribution in [-0.2, 0) is 9.47 Å². The summed E-state index contributed by atoms with van der Waals surface area (Å²) in [6, 6.07) is 0. The van der Waals surface area contributed by atoms with Crippen LogP contribution in [0.1, 0.15) is 86.0 Å². The average molecular weight is 347 g/mol. The summed E-state index contributed by atoms with van der Waals surface area (Å²) in [7, 11) is 0. The standard InChI is InChI=1S/C23H38O2/c1-14-8-12-23(5)16-9-11-22(4)10-6-7-15(22)18(16)20-19(17(23)13-14)24-21(2,3)25-20/h14-20H,6-13H2,1-5H3/t14-,15?,16?,17?,18?,19+,20+,22-,23+/m0/s1. The van der Waals surface area contributed by atoms with E-state index in [2.05, 4.69) is 34.6 Å². The third-order valence-corrected chi connectivity index (χ3v) is 9.58. The minimum atomic E-state index is -0.391. The summed E-state index contributed by atoms with van der Waals surface area (Å²) in [4.78, 5) is 0. The molecule has 0 amide bonds. The minimum absolute atomic E-state index is 0.340. The predicted octanol–water partition coefficient (Wildman–Crippen LogP) is 5.80. The molecule has 5 fully saturated rings. The third kappa shape index (κ3) is 2.29. The van der Waals surface area contributed by atoms with E-state index in [0.717, 1.165) is 23.7 Å². The molecule has 2 heteroatoms. The summed E-state index contributed by atoms with van der Waals surface area (Å²) in [5.41, 5.74) is 1.05. The van der Waals surface area contributed by atoms with E-state index in [1.54, 1.807) is 0 Å². The zero-order valence-electron chi connectivity index (χ0n) is 17.0. The second kappa shape index (κ2) is 5.25. The monoisotopic (exact) mass is 346 g/mol. The van der Waals surface area contributed by atoms with Crippen LogP contribution < -0.4 is 0 Å². The average Bonchev–Trinajstić information content (AvgIpc) is 3.07. The number of hydrogen-bond donors (Lipinski definition) is 0. The zero-order chi connectivity index (χ0) is 17.6. The Morgan fingerprint density at radius 2 is 1.52 bits per heavy atom. The maximum absolute atomic E-state index is 6.68. The minimum Gasteiger partial charge on any atom is -0.344 e. The van der Waals surface area contributed by atoms with E-state index in [9.17, 15) is 0 Å². The van der Waals surface area contributed by atoms with Gasteiger partial charge < -0.3 is 9.47 Å². The Bertz CT molecular complexity index is 556. The van der Waals surface area contributed by atoms with Crippen LogP contribution in [0, 0.1) is 40.4 Å². The van der Waals surface area contributed by atoms with Crippen LogP contribution in [0.5, 0.6) is 0 Å². The molecule has 5 aliphatic rings. The summed E-state index contributed by atoms with van der Waals surface area (Å²) in [6.07, 6.45) is 12.1. The highest BCUT2D eigenvalue weighted by atomic mass is 16.8.